The van der Waals surface area contributed by atoms with Crippen molar-refractivity contribution in [1.29, 1.82) is 0 Å². The fourth-order valence-electron chi connectivity index (χ4n) is 0.518. The van der Waals surface area contributed by atoms with E-state index in [-0.39, 0.29) is 12.4 Å². The Labute approximate surface area is 53.2 Å². The summed E-state index contributed by atoms with van der Waals surface area (Å²) in [6.45, 7) is -0.00667. The van der Waals surface area contributed by atoms with Crippen molar-refractivity contribution in [2.75, 3.05) is 0 Å². The van der Waals surface area contributed by atoms with E-state index in [2.05, 4.69) is 4.98 Å². The Morgan fingerprint density at radius 3 is 2.78 bits per heavy atom. The smallest absolute Gasteiger partial charge is 0.144 e. The van der Waals surface area contributed by atoms with Gasteiger partial charge < -0.3 is 5.11 Å². The van der Waals surface area contributed by atoms with Crippen molar-refractivity contribution in [3.8, 4) is 0 Å². The molecule has 9 heavy (non-hydrogen) atoms. The first kappa shape index (κ1) is 6.04. The highest BCUT2D eigenvalue weighted by Gasteiger charge is 1.88. The molecule has 0 spiro atoms. The molecule has 0 aliphatic rings. The Morgan fingerprint density at radius 2 is 2.33 bits per heavy atom. The Balaban J connectivity index is 2.88. The fourth-order valence-corrected chi connectivity index (χ4v) is 0.518. The molecule has 0 aromatic carbocycles. The second-order valence-corrected chi connectivity index (χ2v) is 1.71. The molecule has 0 aliphatic carbocycles. The minimum atomic E-state index is -0.00667. The first-order valence-electron chi connectivity index (χ1n) is 2.60. The first-order chi connectivity index (χ1) is 4.33. The van der Waals surface area contributed by atoms with Crippen molar-refractivity contribution in [3.05, 3.63) is 23.9 Å². The van der Waals surface area contributed by atoms with E-state index in [1.165, 1.54) is 6.20 Å². The predicted molar refractivity (Wildman–Crippen MR) is 32.9 cm³/mol. The SMILES string of the molecule is [NH]c1ccc(CO)cn1. The maximum Gasteiger partial charge on any atom is 0.144 e. The van der Waals surface area contributed by atoms with Crippen molar-refractivity contribution >= 4 is 5.82 Å². The fraction of sp³-hybridized carbons (Fsp3) is 0.167. The maximum absolute atomic E-state index is 8.53. The second-order valence-electron chi connectivity index (χ2n) is 1.71. The molecule has 1 radical (unpaired) electrons. The number of aliphatic hydroxyl groups is 1. The Morgan fingerprint density at radius 1 is 1.56 bits per heavy atom. The van der Waals surface area contributed by atoms with Gasteiger partial charge in [-0.2, -0.15) is 0 Å². The molecule has 47 valence electrons. The number of nitrogens with zero attached hydrogens (tertiary/aromatic N) is 1. The van der Waals surface area contributed by atoms with Gasteiger partial charge in [-0.1, -0.05) is 6.07 Å². The highest BCUT2D eigenvalue weighted by Crippen LogP contribution is 2.00. The molecular weight excluding hydrogens is 116 g/mol. The molecule has 1 rings (SSSR count). The topological polar surface area (TPSA) is 56.9 Å². The van der Waals surface area contributed by atoms with Crippen LogP contribution in [0.15, 0.2) is 18.3 Å². The van der Waals surface area contributed by atoms with Gasteiger partial charge in [-0.15, -0.1) is 0 Å². The van der Waals surface area contributed by atoms with Gasteiger partial charge in [-0.05, 0) is 11.6 Å². The zero-order valence-electron chi connectivity index (χ0n) is 4.83. The number of rotatable bonds is 1. The number of hydrogen-bond acceptors (Lipinski definition) is 2. The van der Waals surface area contributed by atoms with E-state index in [0.717, 1.165) is 5.56 Å². The Hall–Kier alpha value is -1.09. The molecule has 3 heteroatoms. The molecule has 1 heterocycles. The lowest BCUT2D eigenvalue weighted by Crippen LogP contribution is -1.84. The van der Waals surface area contributed by atoms with Crippen LogP contribution < -0.4 is 5.73 Å². The van der Waals surface area contributed by atoms with E-state index >= 15 is 0 Å². The van der Waals surface area contributed by atoms with Crippen LogP contribution in [0, 0.1) is 0 Å². The number of aliphatic hydroxyl groups excluding tert-OH is 1. The third kappa shape index (κ3) is 1.40. The standard InChI is InChI=1S/C6H7N2O/c7-6-2-1-5(4-9)3-8-6/h1-3,7,9H,4H2. The minimum Gasteiger partial charge on any atom is -0.392 e. The highest BCUT2D eigenvalue weighted by molar-refractivity contribution is 5.25. The molecule has 0 aliphatic heterocycles. The lowest BCUT2D eigenvalue weighted by atomic mass is 10.3. The van der Waals surface area contributed by atoms with Gasteiger partial charge in [0, 0.05) is 6.20 Å². The molecule has 2 N–H and O–H groups in total. The van der Waals surface area contributed by atoms with Crippen molar-refractivity contribution < 1.29 is 5.11 Å². The van der Waals surface area contributed by atoms with E-state index < -0.39 is 0 Å². The van der Waals surface area contributed by atoms with Crippen LogP contribution in [0.5, 0.6) is 0 Å². The second kappa shape index (κ2) is 2.46. The quantitative estimate of drug-likeness (QED) is 0.590. The van der Waals surface area contributed by atoms with Crippen molar-refractivity contribution in [3.63, 3.8) is 0 Å². The number of hydrogen-bond donors (Lipinski definition) is 1. The summed E-state index contributed by atoms with van der Waals surface area (Å²) in [5.41, 5.74) is 7.72. The Kier molecular flexibility index (Phi) is 1.65. The van der Waals surface area contributed by atoms with Crippen molar-refractivity contribution in [2.45, 2.75) is 6.61 Å². The summed E-state index contributed by atoms with van der Waals surface area (Å²) in [4.78, 5) is 3.66. The summed E-state index contributed by atoms with van der Waals surface area (Å²) in [5, 5.41) is 8.53. The van der Waals surface area contributed by atoms with Gasteiger partial charge in [-0.3, -0.25) is 5.73 Å². The van der Waals surface area contributed by atoms with E-state index in [1.54, 1.807) is 12.1 Å². The molecule has 0 saturated heterocycles. The van der Waals surface area contributed by atoms with Crippen molar-refractivity contribution in [2.24, 2.45) is 0 Å². The monoisotopic (exact) mass is 123 g/mol. The van der Waals surface area contributed by atoms with E-state index in [4.69, 9.17) is 10.8 Å². The average molecular weight is 123 g/mol. The third-order valence-corrected chi connectivity index (χ3v) is 1.01. The zero-order chi connectivity index (χ0) is 6.69. The highest BCUT2D eigenvalue weighted by atomic mass is 16.3. The number of pyridine rings is 1. The van der Waals surface area contributed by atoms with Crippen LogP contribution in [-0.4, -0.2) is 10.1 Å². The first-order valence-corrected chi connectivity index (χ1v) is 2.60. The molecule has 0 amide bonds. The van der Waals surface area contributed by atoms with Gasteiger partial charge >= 0.3 is 0 Å². The van der Waals surface area contributed by atoms with Gasteiger partial charge in [-0.25, -0.2) is 4.98 Å². The van der Waals surface area contributed by atoms with Crippen LogP contribution in [0.3, 0.4) is 0 Å². The van der Waals surface area contributed by atoms with Gasteiger partial charge in [0.1, 0.15) is 5.82 Å². The summed E-state index contributed by atoms with van der Waals surface area (Å²) < 4.78 is 0. The van der Waals surface area contributed by atoms with Crippen LogP contribution >= 0.6 is 0 Å². The third-order valence-electron chi connectivity index (χ3n) is 1.01. The van der Waals surface area contributed by atoms with Crippen LogP contribution in [0.1, 0.15) is 5.56 Å². The Bertz CT molecular complexity index is 183. The zero-order valence-corrected chi connectivity index (χ0v) is 4.83. The molecule has 1 aromatic rings. The summed E-state index contributed by atoms with van der Waals surface area (Å²) in [5.74, 6) is 0.229. The van der Waals surface area contributed by atoms with Gasteiger partial charge in [0.25, 0.3) is 0 Å². The largest absolute Gasteiger partial charge is 0.392 e. The van der Waals surface area contributed by atoms with Gasteiger partial charge in [0.2, 0.25) is 0 Å². The lowest BCUT2D eigenvalue weighted by Gasteiger charge is -1.92. The van der Waals surface area contributed by atoms with Crippen LogP contribution in [0.25, 0.3) is 0 Å². The molecule has 0 saturated carbocycles. The van der Waals surface area contributed by atoms with Crippen LogP contribution in [0.2, 0.25) is 0 Å². The molecule has 0 atom stereocenters. The molecule has 0 bridgehead atoms. The van der Waals surface area contributed by atoms with Crippen LogP contribution in [-0.2, 0) is 6.61 Å². The predicted octanol–water partition coefficient (Wildman–Crippen LogP) is 0.488. The van der Waals surface area contributed by atoms with E-state index in [1.807, 2.05) is 0 Å². The van der Waals surface area contributed by atoms with Gasteiger partial charge in [0.15, 0.2) is 0 Å². The van der Waals surface area contributed by atoms with Gasteiger partial charge in [0.05, 0.1) is 6.61 Å². The minimum absolute atomic E-state index is 0.00667. The molecular formula is C6H7N2O. The molecule has 0 fully saturated rings. The van der Waals surface area contributed by atoms with Crippen molar-refractivity contribution in [1.82, 2.24) is 10.7 Å². The van der Waals surface area contributed by atoms with E-state index in [0.29, 0.717) is 0 Å². The summed E-state index contributed by atoms with van der Waals surface area (Å²) >= 11 is 0. The molecule has 0 unspecified atom stereocenters. The summed E-state index contributed by atoms with van der Waals surface area (Å²) in [7, 11) is 0. The maximum atomic E-state index is 8.53. The normalized spacial score (nSPS) is 9.44. The summed E-state index contributed by atoms with van der Waals surface area (Å²) in [6, 6.07) is 3.22. The molecule has 3 nitrogen and oxygen atoms in total. The van der Waals surface area contributed by atoms with E-state index in [9.17, 15) is 0 Å². The summed E-state index contributed by atoms with van der Waals surface area (Å²) in [6.07, 6.45) is 1.49. The number of aromatic nitrogens is 1. The molecule has 1 aromatic heterocycles. The number of nitrogens with one attached hydrogen (secondary N) is 1. The average Bonchev–Trinajstić information content (AvgIpc) is 1.90. The van der Waals surface area contributed by atoms with Crippen LogP contribution in [0.4, 0.5) is 5.82 Å². The lowest BCUT2D eigenvalue weighted by molar-refractivity contribution is 0.281.